The SMILES string of the molecule is COc1ccc([N+](=O)[O-])c(OC(=O)NS(=O)(=O)Cl)c1. The van der Waals surface area contributed by atoms with Crippen molar-refractivity contribution in [1.82, 2.24) is 4.72 Å². The number of methoxy groups -OCH3 is 1. The van der Waals surface area contributed by atoms with Gasteiger partial charge in [0.2, 0.25) is 5.75 Å². The highest BCUT2D eigenvalue weighted by atomic mass is 35.7. The zero-order valence-electron chi connectivity index (χ0n) is 9.32. The summed E-state index contributed by atoms with van der Waals surface area (Å²) in [6.45, 7) is 0. The second kappa shape index (κ2) is 5.71. The molecule has 0 radical (unpaired) electrons. The molecule has 0 atom stereocenters. The molecule has 11 heteroatoms. The summed E-state index contributed by atoms with van der Waals surface area (Å²) in [5.74, 6) is -0.302. The molecule has 1 N–H and O–H groups in total. The van der Waals surface area contributed by atoms with Gasteiger partial charge in [-0.1, -0.05) is 0 Å². The first kappa shape index (κ1) is 15.0. The number of ether oxygens (including phenoxy) is 2. The number of benzene rings is 1. The summed E-state index contributed by atoms with van der Waals surface area (Å²) in [4.78, 5) is 21.0. The Labute approximate surface area is 111 Å². The summed E-state index contributed by atoms with van der Waals surface area (Å²) in [6, 6.07) is 3.37. The van der Waals surface area contributed by atoms with Crippen molar-refractivity contribution in [1.29, 1.82) is 0 Å². The minimum absolute atomic E-state index is 0.183. The van der Waals surface area contributed by atoms with Gasteiger partial charge in [0.05, 0.1) is 12.0 Å². The van der Waals surface area contributed by atoms with Crippen LogP contribution in [0.5, 0.6) is 11.5 Å². The molecule has 0 aromatic heterocycles. The van der Waals surface area contributed by atoms with Gasteiger partial charge in [0, 0.05) is 22.8 Å². The fraction of sp³-hybridized carbons (Fsp3) is 0.125. The van der Waals surface area contributed by atoms with Gasteiger partial charge in [-0.25, -0.2) is 9.52 Å². The van der Waals surface area contributed by atoms with Crippen molar-refractivity contribution >= 4 is 31.7 Å². The number of nitro groups is 1. The van der Waals surface area contributed by atoms with E-state index in [-0.39, 0.29) is 5.75 Å². The maximum atomic E-state index is 11.1. The first-order valence-corrected chi connectivity index (χ1v) is 6.80. The lowest BCUT2D eigenvalue weighted by Gasteiger charge is -2.06. The van der Waals surface area contributed by atoms with E-state index in [1.54, 1.807) is 0 Å². The van der Waals surface area contributed by atoms with E-state index in [0.29, 0.717) is 0 Å². The Hall–Kier alpha value is -2.07. The maximum Gasteiger partial charge on any atom is 0.427 e. The van der Waals surface area contributed by atoms with Gasteiger partial charge >= 0.3 is 21.0 Å². The van der Waals surface area contributed by atoms with Gasteiger partial charge in [-0.05, 0) is 6.07 Å². The summed E-state index contributed by atoms with van der Waals surface area (Å²) < 4.78 is 31.7. The number of amides is 1. The van der Waals surface area contributed by atoms with Crippen molar-refractivity contribution in [3.8, 4) is 11.5 Å². The molecule has 0 aliphatic rings. The lowest BCUT2D eigenvalue weighted by atomic mass is 10.3. The van der Waals surface area contributed by atoms with Crippen LogP contribution in [-0.2, 0) is 9.24 Å². The van der Waals surface area contributed by atoms with Crippen LogP contribution in [0.4, 0.5) is 10.5 Å². The van der Waals surface area contributed by atoms with Crippen LogP contribution in [-0.4, -0.2) is 26.5 Å². The standard InChI is InChI=1S/C8H7ClN2O7S/c1-17-5-2-3-6(11(13)14)7(4-5)18-8(12)10-19(9,15)16/h2-4H,1H3,(H,10,12). The predicted octanol–water partition coefficient (Wildman–Crippen LogP) is 1.18. The van der Waals surface area contributed by atoms with Crippen molar-refractivity contribution in [3.63, 3.8) is 0 Å². The molecule has 1 amide bonds. The van der Waals surface area contributed by atoms with Gasteiger partial charge in [-0.15, -0.1) is 0 Å². The largest absolute Gasteiger partial charge is 0.497 e. The first-order chi connectivity index (χ1) is 8.73. The number of hydrogen-bond acceptors (Lipinski definition) is 7. The molecule has 0 bridgehead atoms. The average molecular weight is 311 g/mol. The Balaban J connectivity index is 3.04. The van der Waals surface area contributed by atoms with Crippen molar-refractivity contribution in [3.05, 3.63) is 28.3 Å². The number of nitrogens with one attached hydrogen (secondary N) is 1. The molecule has 104 valence electrons. The summed E-state index contributed by atoms with van der Waals surface area (Å²) in [5, 5.41) is 10.7. The molecule has 1 aromatic rings. The van der Waals surface area contributed by atoms with Crippen molar-refractivity contribution in [2.45, 2.75) is 0 Å². The Bertz CT molecular complexity index is 616. The van der Waals surface area contributed by atoms with Crippen molar-refractivity contribution in [2.24, 2.45) is 0 Å². The average Bonchev–Trinajstić information content (AvgIpc) is 2.25. The molecule has 0 aliphatic carbocycles. The molecule has 0 spiro atoms. The number of rotatable bonds is 4. The molecule has 0 heterocycles. The third kappa shape index (κ3) is 4.60. The first-order valence-electron chi connectivity index (χ1n) is 4.49. The van der Waals surface area contributed by atoms with Gasteiger partial charge in [0.1, 0.15) is 5.75 Å². The molecule has 0 aliphatic heterocycles. The maximum absolute atomic E-state index is 11.1. The van der Waals surface area contributed by atoms with Gasteiger partial charge in [0.15, 0.2) is 0 Å². The van der Waals surface area contributed by atoms with Crippen LogP contribution in [0.15, 0.2) is 18.2 Å². The van der Waals surface area contributed by atoms with Gasteiger partial charge in [-0.3, -0.25) is 10.1 Å². The van der Waals surface area contributed by atoms with Gasteiger partial charge < -0.3 is 9.47 Å². The number of carbonyl (C=O) groups is 1. The lowest BCUT2D eigenvalue weighted by molar-refractivity contribution is -0.385. The van der Waals surface area contributed by atoms with E-state index in [1.807, 2.05) is 0 Å². The van der Waals surface area contributed by atoms with Crippen LogP contribution >= 0.6 is 10.7 Å². The monoisotopic (exact) mass is 310 g/mol. The second-order valence-electron chi connectivity index (χ2n) is 3.02. The number of nitrogens with zero attached hydrogens (tertiary/aromatic N) is 1. The fourth-order valence-corrected chi connectivity index (χ4v) is 1.50. The number of halogens is 1. The molecule has 1 aromatic carbocycles. The third-order valence-electron chi connectivity index (χ3n) is 1.77. The van der Waals surface area contributed by atoms with E-state index in [2.05, 4.69) is 4.74 Å². The summed E-state index contributed by atoms with van der Waals surface area (Å²) in [6.07, 6.45) is -1.48. The van der Waals surface area contributed by atoms with Crippen LogP contribution in [0.25, 0.3) is 0 Å². The van der Waals surface area contributed by atoms with Crippen LogP contribution in [0.3, 0.4) is 0 Å². The summed E-state index contributed by atoms with van der Waals surface area (Å²) >= 11 is 0. The van der Waals surface area contributed by atoms with E-state index in [9.17, 15) is 23.3 Å². The van der Waals surface area contributed by atoms with Crippen LogP contribution in [0.2, 0.25) is 0 Å². The normalized spacial score (nSPS) is 10.6. The van der Waals surface area contributed by atoms with E-state index in [0.717, 1.165) is 12.1 Å². The molecule has 0 fully saturated rings. The van der Waals surface area contributed by atoms with E-state index in [4.69, 9.17) is 15.4 Å². The minimum atomic E-state index is -4.35. The Morgan fingerprint density at radius 2 is 2.11 bits per heavy atom. The highest BCUT2D eigenvalue weighted by molar-refractivity contribution is 8.12. The molecule has 0 saturated heterocycles. The summed E-state index contributed by atoms with van der Waals surface area (Å²) in [7, 11) is 1.71. The molecule has 0 saturated carbocycles. The fourth-order valence-electron chi connectivity index (χ4n) is 1.07. The van der Waals surface area contributed by atoms with E-state index >= 15 is 0 Å². The molecular weight excluding hydrogens is 304 g/mol. The van der Waals surface area contributed by atoms with Crippen LogP contribution < -0.4 is 14.2 Å². The van der Waals surface area contributed by atoms with E-state index in [1.165, 1.54) is 17.9 Å². The topological polar surface area (TPSA) is 125 Å². The van der Waals surface area contributed by atoms with Gasteiger partial charge in [-0.2, -0.15) is 8.42 Å². The third-order valence-corrected chi connectivity index (χ3v) is 2.41. The smallest absolute Gasteiger partial charge is 0.427 e. The highest BCUT2D eigenvalue weighted by Crippen LogP contribution is 2.31. The molecular formula is C8H7ClN2O7S. The second-order valence-corrected chi connectivity index (χ2v) is 5.32. The number of nitro benzene ring substituents is 1. The van der Waals surface area contributed by atoms with E-state index < -0.39 is 31.7 Å². The van der Waals surface area contributed by atoms with Crippen LogP contribution in [0.1, 0.15) is 0 Å². The Kier molecular flexibility index (Phi) is 4.51. The Morgan fingerprint density at radius 1 is 1.47 bits per heavy atom. The number of carbonyl (C=O) groups excluding carboxylic acids is 1. The highest BCUT2D eigenvalue weighted by Gasteiger charge is 2.21. The minimum Gasteiger partial charge on any atom is -0.497 e. The predicted molar refractivity (Wildman–Crippen MR) is 63.6 cm³/mol. The lowest BCUT2D eigenvalue weighted by Crippen LogP contribution is -2.29. The molecule has 9 nitrogen and oxygen atoms in total. The molecule has 19 heavy (non-hydrogen) atoms. The zero-order chi connectivity index (χ0) is 14.6. The summed E-state index contributed by atoms with van der Waals surface area (Å²) in [5.41, 5.74) is -0.539. The molecule has 0 unspecified atom stereocenters. The zero-order valence-corrected chi connectivity index (χ0v) is 10.9. The Morgan fingerprint density at radius 3 is 2.58 bits per heavy atom. The van der Waals surface area contributed by atoms with Crippen molar-refractivity contribution < 1.29 is 27.6 Å². The number of hydrogen-bond donors (Lipinski definition) is 1. The van der Waals surface area contributed by atoms with Crippen molar-refractivity contribution in [2.75, 3.05) is 7.11 Å². The molecule has 1 rings (SSSR count). The van der Waals surface area contributed by atoms with Crippen LogP contribution in [0, 0.1) is 10.1 Å². The quantitative estimate of drug-likeness (QED) is 0.502. The van der Waals surface area contributed by atoms with Gasteiger partial charge in [0.25, 0.3) is 0 Å².